The van der Waals surface area contributed by atoms with Gasteiger partial charge in [0.05, 0.1) is 30.9 Å². The van der Waals surface area contributed by atoms with Crippen molar-refractivity contribution in [3.05, 3.63) is 28.2 Å². The largest absolute Gasteiger partial charge is 0.492 e. The number of ether oxygens (including phenoxy) is 3. The summed E-state index contributed by atoms with van der Waals surface area (Å²) in [6, 6.07) is 4.78. The molecule has 2 rings (SSSR count). The van der Waals surface area contributed by atoms with E-state index >= 15 is 0 Å². The molecule has 0 spiro atoms. The molecule has 6 heteroatoms. The van der Waals surface area contributed by atoms with Gasteiger partial charge in [-0.1, -0.05) is 6.92 Å². The van der Waals surface area contributed by atoms with Crippen molar-refractivity contribution in [1.29, 1.82) is 0 Å². The fourth-order valence-corrected chi connectivity index (χ4v) is 2.35. The van der Waals surface area contributed by atoms with E-state index in [9.17, 15) is 9.59 Å². The van der Waals surface area contributed by atoms with Crippen molar-refractivity contribution in [3.8, 4) is 5.75 Å². The van der Waals surface area contributed by atoms with Crippen LogP contribution < -0.4 is 4.74 Å². The second-order valence-electron chi connectivity index (χ2n) is 5.29. The average Bonchev–Trinajstić information content (AvgIpc) is 2.43. The lowest BCUT2D eigenvalue weighted by Crippen LogP contribution is -2.44. The van der Waals surface area contributed by atoms with Crippen LogP contribution in [0.5, 0.6) is 5.75 Å². The Kier molecular flexibility index (Phi) is 5.00. The van der Waals surface area contributed by atoms with E-state index in [1.807, 2.05) is 0 Å². The molecule has 0 N–H and O–H groups in total. The Bertz CT molecular complexity index is 551. The zero-order valence-electron chi connectivity index (χ0n) is 12.0. The predicted molar refractivity (Wildman–Crippen MR) is 79.5 cm³/mol. The van der Waals surface area contributed by atoms with Gasteiger partial charge < -0.3 is 14.2 Å². The molecule has 1 aliphatic rings. The van der Waals surface area contributed by atoms with E-state index in [1.165, 1.54) is 0 Å². The summed E-state index contributed by atoms with van der Waals surface area (Å²) in [6.07, 6.45) is 0. The average molecular weight is 357 g/mol. The summed E-state index contributed by atoms with van der Waals surface area (Å²) in [5, 5.41) is 0. The van der Waals surface area contributed by atoms with Crippen LogP contribution in [0.15, 0.2) is 22.7 Å². The normalized spacial score (nSPS) is 16.0. The van der Waals surface area contributed by atoms with Gasteiger partial charge in [0.1, 0.15) is 5.75 Å². The molecule has 0 aliphatic carbocycles. The Balaban J connectivity index is 2.03. The molecule has 0 amide bonds. The van der Waals surface area contributed by atoms with Gasteiger partial charge in [-0.05, 0) is 41.1 Å². The second-order valence-corrected chi connectivity index (χ2v) is 6.14. The van der Waals surface area contributed by atoms with Crippen LogP contribution in [0.3, 0.4) is 0 Å². The van der Waals surface area contributed by atoms with E-state index in [0.717, 1.165) is 0 Å². The Morgan fingerprint density at radius 3 is 2.62 bits per heavy atom. The number of hydrogen-bond acceptors (Lipinski definition) is 5. The molecule has 1 aliphatic heterocycles. The molecule has 1 aromatic carbocycles. The van der Waals surface area contributed by atoms with Gasteiger partial charge in [-0.15, -0.1) is 0 Å². The van der Waals surface area contributed by atoms with Crippen LogP contribution in [-0.4, -0.2) is 38.2 Å². The minimum absolute atomic E-state index is 0.0405. The molecule has 1 fully saturated rings. The van der Waals surface area contributed by atoms with Crippen LogP contribution in [0.4, 0.5) is 0 Å². The van der Waals surface area contributed by atoms with Gasteiger partial charge in [-0.25, -0.2) is 4.79 Å². The lowest BCUT2D eigenvalue weighted by Gasteiger charge is -2.37. The number of hydrogen-bond donors (Lipinski definition) is 0. The van der Waals surface area contributed by atoms with E-state index in [1.54, 1.807) is 25.1 Å². The van der Waals surface area contributed by atoms with Gasteiger partial charge in [-0.2, -0.15) is 0 Å². The molecule has 1 heterocycles. The summed E-state index contributed by atoms with van der Waals surface area (Å²) in [5.74, 6) is -0.885. The number of rotatable bonds is 6. The van der Waals surface area contributed by atoms with Gasteiger partial charge in [0, 0.05) is 11.0 Å². The van der Waals surface area contributed by atoms with Crippen molar-refractivity contribution in [3.63, 3.8) is 0 Å². The van der Waals surface area contributed by atoms with Crippen molar-refractivity contribution in [2.45, 2.75) is 13.8 Å². The van der Waals surface area contributed by atoms with Gasteiger partial charge >= 0.3 is 5.97 Å². The first kappa shape index (κ1) is 16.0. The number of ketones is 1. The van der Waals surface area contributed by atoms with E-state index in [-0.39, 0.29) is 17.6 Å². The highest BCUT2D eigenvalue weighted by atomic mass is 79.9. The van der Waals surface area contributed by atoms with Crippen LogP contribution in [-0.2, 0) is 14.3 Å². The zero-order chi connectivity index (χ0) is 15.5. The maximum Gasteiger partial charge on any atom is 0.379 e. The lowest BCUT2D eigenvalue weighted by molar-refractivity contribution is -0.137. The smallest absolute Gasteiger partial charge is 0.379 e. The fourth-order valence-electron chi connectivity index (χ4n) is 1.86. The van der Waals surface area contributed by atoms with Gasteiger partial charge in [0.2, 0.25) is 0 Å². The summed E-state index contributed by atoms with van der Waals surface area (Å²) in [5.41, 5.74) is 0.310. The topological polar surface area (TPSA) is 61.8 Å². The van der Waals surface area contributed by atoms with Crippen molar-refractivity contribution < 1.29 is 23.8 Å². The molecule has 114 valence electrons. The van der Waals surface area contributed by atoms with Crippen LogP contribution in [0.2, 0.25) is 0 Å². The molecular formula is C15H17BrO5. The summed E-state index contributed by atoms with van der Waals surface area (Å²) in [7, 11) is 0. The highest BCUT2D eigenvalue weighted by Gasteiger charge is 2.34. The number of halogens is 1. The fraction of sp³-hybridized carbons (Fsp3) is 0.467. The summed E-state index contributed by atoms with van der Waals surface area (Å²) >= 11 is 3.35. The summed E-state index contributed by atoms with van der Waals surface area (Å²) in [4.78, 5) is 23.2. The van der Waals surface area contributed by atoms with Crippen LogP contribution in [0.1, 0.15) is 24.2 Å². The summed E-state index contributed by atoms with van der Waals surface area (Å²) in [6.45, 7) is 5.82. The van der Waals surface area contributed by atoms with Crippen LogP contribution >= 0.6 is 15.9 Å². The van der Waals surface area contributed by atoms with Crippen LogP contribution in [0.25, 0.3) is 0 Å². The SMILES string of the molecule is CCOC(=O)C(=O)c1ccc(OCC2(C)COC2)c(Br)c1. The zero-order valence-corrected chi connectivity index (χ0v) is 13.6. The second kappa shape index (κ2) is 6.58. The van der Waals surface area contributed by atoms with Gasteiger partial charge in [-0.3, -0.25) is 4.79 Å². The number of carbonyl (C=O) groups is 2. The molecule has 0 aromatic heterocycles. The molecule has 21 heavy (non-hydrogen) atoms. The standard InChI is InChI=1S/C15H17BrO5/c1-3-20-14(18)13(17)10-4-5-12(11(16)6-10)21-9-15(2)7-19-8-15/h4-6H,3,7-9H2,1-2H3. The molecule has 0 saturated carbocycles. The van der Waals surface area contributed by atoms with Crippen molar-refractivity contribution in [2.75, 3.05) is 26.4 Å². The number of benzene rings is 1. The first-order valence-corrected chi connectivity index (χ1v) is 7.46. The Morgan fingerprint density at radius 2 is 2.10 bits per heavy atom. The molecule has 0 radical (unpaired) electrons. The van der Waals surface area contributed by atoms with Crippen LogP contribution in [0, 0.1) is 5.41 Å². The highest BCUT2D eigenvalue weighted by Crippen LogP contribution is 2.31. The van der Waals surface area contributed by atoms with Crippen molar-refractivity contribution in [2.24, 2.45) is 5.41 Å². The predicted octanol–water partition coefficient (Wildman–Crippen LogP) is 2.61. The lowest BCUT2D eigenvalue weighted by atomic mass is 9.90. The van der Waals surface area contributed by atoms with E-state index < -0.39 is 11.8 Å². The maximum atomic E-state index is 11.8. The third-order valence-corrected chi connectivity index (χ3v) is 3.75. The van der Waals surface area contributed by atoms with Gasteiger partial charge in [0.15, 0.2) is 0 Å². The quantitative estimate of drug-likeness (QED) is 0.445. The molecule has 0 bridgehead atoms. The van der Waals surface area contributed by atoms with Crippen molar-refractivity contribution >= 4 is 27.7 Å². The number of Topliss-reactive ketones (excluding diaryl/α,β-unsaturated/α-hetero) is 1. The minimum Gasteiger partial charge on any atom is -0.492 e. The van der Waals surface area contributed by atoms with E-state index in [2.05, 4.69) is 22.9 Å². The Morgan fingerprint density at radius 1 is 1.38 bits per heavy atom. The molecular weight excluding hydrogens is 340 g/mol. The monoisotopic (exact) mass is 356 g/mol. The summed E-state index contributed by atoms with van der Waals surface area (Å²) < 4.78 is 16.2. The molecule has 1 aromatic rings. The third kappa shape index (κ3) is 3.83. The Labute approximate surface area is 131 Å². The maximum absolute atomic E-state index is 11.8. The molecule has 0 atom stereocenters. The number of carbonyl (C=O) groups excluding carboxylic acids is 2. The molecule has 0 unspecified atom stereocenters. The Hall–Kier alpha value is -1.40. The third-order valence-electron chi connectivity index (χ3n) is 3.13. The first-order valence-electron chi connectivity index (χ1n) is 6.67. The first-order chi connectivity index (χ1) is 9.95. The number of esters is 1. The molecule has 5 nitrogen and oxygen atoms in total. The highest BCUT2D eigenvalue weighted by molar-refractivity contribution is 9.10. The van der Waals surface area contributed by atoms with E-state index in [0.29, 0.717) is 30.0 Å². The minimum atomic E-state index is -0.850. The van der Waals surface area contributed by atoms with Crippen molar-refractivity contribution in [1.82, 2.24) is 0 Å². The van der Waals surface area contributed by atoms with E-state index in [4.69, 9.17) is 14.2 Å². The molecule has 1 saturated heterocycles. The van der Waals surface area contributed by atoms with Gasteiger partial charge in [0.25, 0.3) is 5.78 Å².